The second kappa shape index (κ2) is 8.25. The first-order valence-electron chi connectivity index (χ1n) is 6.53. The van der Waals surface area contributed by atoms with Crippen LogP contribution in [0.25, 0.3) is 6.08 Å². The predicted octanol–water partition coefficient (Wildman–Crippen LogP) is 2.82. The van der Waals surface area contributed by atoms with E-state index in [9.17, 15) is 4.79 Å². The average Bonchev–Trinajstić information content (AvgIpc) is 2.53. The van der Waals surface area contributed by atoms with Gasteiger partial charge < -0.3 is 0 Å². The van der Waals surface area contributed by atoms with Crippen molar-refractivity contribution < 1.29 is 9.53 Å². The van der Waals surface area contributed by atoms with Crippen LogP contribution in [0, 0.1) is 0 Å². The molecule has 0 saturated heterocycles. The summed E-state index contributed by atoms with van der Waals surface area (Å²) in [4.78, 5) is 11.8. The molecule has 0 aromatic heterocycles. The van der Waals surface area contributed by atoms with E-state index in [1.54, 1.807) is 19.3 Å². The van der Waals surface area contributed by atoms with Gasteiger partial charge in [0.2, 0.25) is 0 Å². The van der Waals surface area contributed by atoms with E-state index >= 15 is 0 Å². The van der Waals surface area contributed by atoms with Crippen molar-refractivity contribution in [3.63, 3.8) is 0 Å². The van der Waals surface area contributed by atoms with Crippen molar-refractivity contribution in [1.29, 1.82) is 0 Å². The van der Waals surface area contributed by atoms with Gasteiger partial charge in [0.25, 0.3) is 0 Å². The van der Waals surface area contributed by atoms with E-state index in [-0.39, 0.29) is 19.6 Å². The molecule has 0 aliphatic carbocycles. The van der Waals surface area contributed by atoms with Crippen LogP contribution in [0.5, 0.6) is 5.75 Å². The number of ether oxygens (including phenoxy) is 1. The molecule has 0 bridgehead atoms. The topological polar surface area (TPSA) is 26.3 Å². The zero-order valence-corrected chi connectivity index (χ0v) is 13.4. The Balaban J connectivity index is 1.86. The molecule has 0 heterocycles. The zero-order chi connectivity index (χ0) is 14.9. The van der Waals surface area contributed by atoms with Crippen LogP contribution in [-0.2, 0) is 4.79 Å². The Hall–Kier alpha value is -2.09. The normalized spacial score (nSPS) is 11.1. The molecule has 0 saturated carbocycles. The summed E-state index contributed by atoms with van der Waals surface area (Å²) in [6.45, 7) is 0. The first kappa shape index (κ1) is 15.3. The van der Waals surface area contributed by atoms with Gasteiger partial charge in [0.15, 0.2) is 0 Å². The number of hydrogen-bond donors (Lipinski definition) is 0. The second-order valence-corrected chi connectivity index (χ2v) is 6.49. The van der Waals surface area contributed by atoms with E-state index < -0.39 is 0 Å². The number of benzene rings is 2. The van der Waals surface area contributed by atoms with Crippen molar-refractivity contribution in [2.24, 2.45) is 0 Å². The number of carbonyl (C=O) groups is 1. The molecule has 2 nitrogen and oxygen atoms in total. The number of methoxy groups -OCH3 is 1. The fourth-order valence-electron chi connectivity index (χ4n) is 1.65. The molecule has 0 aliphatic heterocycles. The van der Waals surface area contributed by atoms with Gasteiger partial charge in [-0.2, -0.15) is 0 Å². The standard InChI is InChI=1S/C18H16O2Se/c1-20-16-13-11-15(12-14-16)7-5-6-10-18(19)21-17-8-3-2-4-9-17/h2-14H,1H3/b7-5+,10-6+. The Kier molecular flexibility index (Phi) is 6.01. The summed E-state index contributed by atoms with van der Waals surface area (Å²) in [5, 5.41) is 0. The zero-order valence-electron chi connectivity index (χ0n) is 11.7. The summed E-state index contributed by atoms with van der Waals surface area (Å²) in [5.41, 5.74) is 1.07. The third kappa shape index (κ3) is 5.42. The summed E-state index contributed by atoms with van der Waals surface area (Å²) < 4.78 is 6.36. The van der Waals surface area contributed by atoms with Crippen LogP contribution in [-0.4, -0.2) is 26.7 Å². The van der Waals surface area contributed by atoms with Crippen LogP contribution < -0.4 is 9.20 Å². The molecule has 2 aromatic carbocycles. The fraction of sp³-hybridized carbons (Fsp3) is 0.0556. The van der Waals surface area contributed by atoms with Crippen molar-refractivity contribution in [3.8, 4) is 5.75 Å². The molecule has 106 valence electrons. The molecule has 0 N–H and O–H groups in total. The Labute approximate surface area is 131 Å². The van der Waals surface area contributed by atoms with Crippen LogP contribution in [0.3, 0.4) is 0 Å². The first-order chi connectivity index (χ1) is 10.3. The van der Waals surface area contributed by atoms with Crippen molar-refractivity contribution in [2.45, 2.75) is 0 Å². The minimum absolute atomic E-state index is 0.147. The van der Waals surface area contributed by atoms with E-state index in [4.69, 9.17) is 4.74 Å². The van der Waals surface area contributed by atoms with Crippen molar-refractivity contribution in [1.82, 2.24) is 0 Å². The molecule has 0 atom stereocenters. The summed E-state index contributed by atoms with van der Waals surface area (Å²) in [7, 11) is 1.65. The first-order valence-corrected chi connectivity index (χ1v) is 8.25. The fourth-order valence-corrected chi connectivity index (χ4v) is 3.06. The Bertz CT molecular complexity index is 628. The number of hydrogen-bond acceptors (Lipinski definition) is 2. The second-order valence-electron chi connectivity index (χ2n) is 4.23. The van der Waals surface area contributed by atoms with Gasteiger partial charge in [-0.15, -0.1) is 0 Å². The van der Waals surface area contributed by atoms with Crippen molar-refractivity contribution in [3.05, 3.63) is 78.4 Å². The Morgan fingerprint density at radius 2 is 1.71 bits per heavy atom. The molecule has 0 fully saturated rings. The summed E-state index contributed by atoms with van der Waals surface area (Å²) in [6.07, 6.45) is 7.25. The van der Waals surface area contributed by atoms with Gasteiger partial charge in [0.05, 0.1) is 0 Å². The van der Waals surface area contributed by atoms with Crippen LogP contribution in [0.15, 0.2) is 72.8 Å². The molecule has 2 rings (SSSR count). The van der Waals surface area contributed by atoms with Crippen LogP contribution >= 0.6 is 0 Å². The Morgan fingerprint density at radius 1 is 1.00 bits per heavy atom. The van der Waals surface area contributed by atoms with Crippen molar-refractivity contribution in [2.75, 3.05) is 7.11 Å². The van der Waals surface area contributed by atoms with Gasteiger partial charge in [-0.05, 0) is 0 Å². The van der Waals surface area contributed by atoms with Gasteiger partial charge in [-0.3, -0.25) is 0 Å². The van der Waals surface area contributed by atoms with E-state index in [1.165, 1.54) is 0 Å². The predicted molar refractivity (Wildman–Crippen MR) is 88.0 cm³/mol. The summed E-state index contributed by atoms with van der Waals surface area (Å²) in [6, 6.07) is 17.6. The molecule has 0 amide bonds. The quantitative estimate of drug-likeness (QED) is 0.458. The molecular formula is C18H16O2Se. The third-order valence-electron chi connectivity index (χ3n) is 2.71. The van der Waals surface area contributed by atoms with Gasteiger partial charge in [-0.25, -0.2) is 0 Å². The summed E-state index contributed by atoms with van der Waals surface area (Å²) >= 11 is -0.147. The average molecular weight is 343 g/mol. The van der Waals surface area contributed by atoms with E-state index in [1.807, 2.05) is 66.7 Å². The third-order valence-corrected chi connectivity index (χ3v) is 4.48. The number of rotatable bonds is 6. The van der Waals surface area contributed by atoms with Gasteiger partial charge >= 0.3 is 131 Å². The SMILES string of the molecule is COc1ccc(/C=C/C=C/C(=O)[Se]c2ccccc2)cc1. The van der Waals surface area contributed by atoms with E-state index in [2.05, 4.69) is 0 Å². The van der Waals surface area contributed by atoms with Crippen LogP contribution in [0.2, 0.25) is 0 Å². The molecule has 21 heavy (non-hydrogen) atoms. The minimum atomic E-state index is -0.147. The molecular weight excluding hydrogens is 327 g/mol. The number of carbonyl (C=O) groups excluding carboxylic acids is 1. The van der Waals surface area contributed by atoms with Crippen molar-refractivity contribution >= 4 is 30.2 Å². The molecule has 0 unspecified atom stereocenters. The maximum atomic E-state index is 11.8. The monoisotopic (exact) mass is 344 g/mol. The van der Waals surface area contributed by atoms with Crippen LogP contribution in [0.4, 0.5) is 0 Å². The van der Waals surface area contributed by atoms with Gasteiger partial charge in [-0.1, -0.05) is 0 Å². The number of allylic oxidation sites excluding steroid dienone is 3. The summed E-state index contributed by atoms with van der Waals surface area (Å²) in [5.74, 6) is 0.837. The molecule has 3 heteroatoms. The molecule has 0 aliphatic rings. The van der Waals surface area contributed by atoms with Gasteiger partial charge in [0.1, 0.15) is 0 Å². The molecule has 0 spiro atoms. The van der Waals surface area contributed by atoms with E-state index in [0.717, 1.165) is 15.8 Å². The Morgan fingerprint density at radius 3 is 2.38 bits per heavy atom. The maximum absolute atomic E-state index is 11.8. The molecule has 0 radical (unpaired) electrons. The molecule has 2 aromatic rings. The van der Waals surface area contributed by atoms with Gasteiger partial charge in [0, 0.05) is 0 Å². The van der Waals surface area contributed by atoms with Crippen LogP contribution in [0.1, 0.15) is 5.56 Å². The van der Waals surface area contributed by atoms with E-state index in [0.29, 0.717) is 0 Å².